The average molecular weight is 231 g/mol. The molecule has 90 valence electrons. The highest BCUT2D eigenvalue weighted by molar-refractivity contribution is 5.94. The van der Waals surface area contributed by atoms with Gasteiger partial charge in [-0.3, -0.25) is 4.79 Å². The Kier molecular flexibility index (Phi) is 3.91. The van der Waals surface area contributed by atoms with E-state index in [2.05, 4.69) is 5.16 Å². The van der Waals surface area contributed by atoms with Gasteiger partial charge in [-0.2, -0.15) is 0 Å². The molecular formula is C14H17NO2. The van der Waals surface area contributed by atoms with Gasteiger partial charge < -0.3 is 4.84 Å². The molecule has 3 nitrogen and oxygen atoms in total. The summed E-state index contributed by atoms with van der Waals surface area (Å²) in [6.07, 6.45) is 5.82. The third kappa shape index (κ3) is 3.41. The molecule has 1 aliphatic carbocycles. The Morgan fingerprint density at radius 3 is 2.35 bits per heavy atom. The smallest absolute Gasteiger partial charge is 0.159 e. The molecule has 0 unspecified atom stereocenters. The molecule has 0 radical (unpaired) electrons. The van der Waals surface area contributed by atoms with E-state index in [0.717, 1.165) is 18.6 Å². The Morgan fingerprint density at radius 1 is 1.12 bits per heavy atom. The zero-order valence-corrected chi connectivity index (χ0v) is 10.1. The first-order chi connectivity index (χ1) is 8.25. The first-order valence-corrected chi connectivity index (χ1v) is 6.09. The predicted molar refractivity (Wildman–Crippen MR) is 67.6 cm³/mol. The van der Waals surface area contributed by atoms with Crippen molar-refractivity contribution < 1.29 is 9.63 Å². The van der Waals surface area contributed by atoms with Crippen molar-refractivity contribution in [2.75, 3.05) is 0 Å². The van der Waals surface area contributed by atoms with E-state index in [1.807, 2.05) is 0 Å². The second-order valence-corrected chi connectivity index (χ2v) is 4.39. The lowest BCUT2D eigenvalue weighted by molar-refractivity contribution is 0.101. The van der Waals surface area contributed by atoms with E-state index in [1.165, 1.54) is 19.3 Å². The van der Waals surface area contributed by atoms with Gasteiger partial charge in [0.1, 0.15) is 0 Å². The maximum atomic E-state index is 11.1. The Labute approximate surface area is 101 Å². The molecule has 0 atom stereocenters. The number of carbonyl (C=O) groups excluding carboxylic acids is 1. The average Bonchev–Trinajstić information content (AvgIpc) is 2.38. The van der Waals surface area contributed by atoms with Crippen molar-refractivity contribution in [3.63, 3.8) is 0 Å². The van der Waals surface area contributed by atoms with Crippen molar-refractivity contribution in [3.05, 3.63) is 29.8 Å². The number of rotatable bonds is 3. The summed E-state index contributed by atoms with van der Waals surface area (Å²) in [6, 6.07) is 7.09. The molecule has 3 heteroatoms. The summed E-state index contributed by atoms with van der Waals surface area (Å²) in [5.41, 5.74) is 1.84. The summed E-state index contributed by atoms with van der Waals surface area (Å²) in [5, 5.41) is 4.16. The molecule has 0 saturated heterocycles. The standard InChI is InChI=1S/C14H17NO2/c1-11(16)12-7-9-14(10-8-12)17-15-13-5-3-2-4-6-13/h7-10H,2-6H2,1H3. The summed E-state index contributed by atoms with van der Waals surface area (Å²) in [5.74, 6) is 0.753. The third-order valence-corrected chi connectivity index (χ3v) is 2.97. The van der Waals surface area contributed by atoms with Gasteiger partial charge in [-0.15, -0.1) is 0 Å². The SMILES string of the molecule is CC(=O)c1ccc(ON=C2CCCCC2)cc1. The van der Waals surface area contributed by atoms with Crippen LogP contribution in [0.2, 0.25) is 0 Å². The summed E-state index contributed by atoms with van der Waals surface area (Å²) in [6.45, 7) is 1.55. The van der Waals surface area contributed by atoms with Crippen molar-refractivity contribution in [1.82, 2.24) is 0 Å². The van der Waals surface area contributed by atoms with Crippen LogP contribution < -0.4 is 4.84 Å². The predicted octanol–water partition coefficient (Wildman–Crippen LogP) is 3.59. The lowest BCUT2D eigenvalue weighted by Crippen LogP contribution is -2.06. The minimum Gasteiger partial charge on any atom is -0.357 e. The largest absolute Gasteiger partial charge is 0.357 e. The molecular weight excluding hydrogens is 214 g/mol. The Balaban J connectivity index is 1.96. The molecule has 2 rings (SSSR count). The van der Waals surface area contributed by atoms with E-state index in [-0.39, 0.29) is 5.78 Å². The Hall–Kier alpha value is -1.64. The normalized spacial score (nSPS) is 15.5. The fourth-order valence-corrected chi connectivity index (χ4v) is 1.92. The number of carbonyl (C=O) groups is 1. The van der Waals surface area contributed by atoms with E-state index >= 15 is 0 Å². The summed E-state index contributed by atoms with van der Waals surface area (Å²) in [4.78, 5) is 16.5. The Bertz CT molecular complexity index is 412. The van der Waals surface area contributed by atoms with E-state index in [0.29, 0.717) is 11.3 Å². The topological polar surface area (TPSA) is 38.7 Å². The second kappa shape index (κ2) is 5.62. The fourth-order valence-electron chi connectivity index (χ4n) is 1.92. The molecule has 1 aromatic rings. The van der Waals surface area contributed by atoms with Gasteiger partial charge in [-0.25, -0.2) is 0 Å². The second-order valence-electron chi connectivity index (χ2n) is 4.39. The number of ketones is 1. The number of nitrogens with zero attached hydrogens (tertiary/aromatic N) is 1. The number of hydrogen-bond acceptors (Lipinski definition) is 3. The molecule has 0 bridgehead atoms. The van der Waals surface area contributed by atoms with Crippen LogP contribution >= 0.6 is 0 Å². The Morgan fingerprint density at radius 2 is 1.76 bits per heavy atom. The third-order valence-electron chi connectivity index (χ3n) is 2.97. The maximum Gasteiger partial charge on any atom is 0.159 e. The van der Waals surface area contributed by atoms with E-state index < -0.39 is 0 Å². The minimum atomic E-state index is 0.0649. The van der Waals surface area contributed by atoms with Crippen LogP contribution in [0.1, 0.15) is 49.4 Å². The van der Waals surface area contributed by atoms with Gasteiger partial charge in [0.15, 0.2) is 11.5 Å². The number of oxime groups is 1. The van der Waals surface area contributed by atoms with Crippen molar-refractivity contribution in [2.45, 2.75) is 39.0 Å². The molecule has 0 aliphatic heterocycles. The van der Waals surface area contributed by atoms with Gasteiger partial charge in [-0.05, 0) is 56.9 Å². The van der Waals surface area contributed by atoms with Crippen LogP contribution in [-0.2, 0) is 0 Å². The number of hydrogen-bond donors (Lipinski definition) is 0. The van der Waals surface area contributed by atoms with Crippen LogP contribution in [0.3, 0.4) is 0 Å². The van der Waals surface area contributed by atoms with Gasteiger partial charge in [0.05, 0.1) is 5.71 Å². The van der Waals surface area contributed by atoms with Crippen LogP contribution in [0.5, 0.6) is 5.75 Å². The monoisotopic (exact) mass is 231 g/mol. The zero-order valence-electron chi connectivity index (χ0n) is 10.1. The summed E-state index contributed by atoms with van der Waals surface area (Å²) < 4.78 is 0. The molecule has 0 N–H and O–H groups in total. The first kappa shape index (κ1) is 11.8. The van der Waals surface area contributed by atoms with Gasteiger partial charge >= 0.3 is 0 Å². The van der Waals surface area contributed by atoms with Gasteiger partial charge in [-0.1, -0.05) is 11.6 Å². The number of Topliss-reactive ketones (excluding diaryl/α,β-unsaturated/α-hetero) is 1. The van der Waals surface area contributed by atoms with Crippen LogP contribution in [0, 0.1) is 0 Å². The zero-order chi connectivity index (χ0) is 12.1. The van der Waals surface area contributed by atoms with Gasteiger partial charge in [0, 0.05) is 5.56 Å². The number of benzene rings is 1. The van der Waals surface area contributed by atoms with E-state index in [1.54, 1.807) is 31.2 Å². The van der Waals surface area contributed by atoms with Crippen molar-refractivity contribution in [1.29, 1.82) is 0 Å². The van der Waals surface area contributed by atoms with Crippen LogP contribution in [0.25, 0.3) is 0 Å². The molecule has 0 aromatic heterocycles. The molecule has 1 fully saturated rings. The van der Waals surface area contributed by atoms with Crippen LogP contribution in [0.4, 0.5) is 0 Å². The minimum absolute atomic E-state index is 0.0649. The summed E-state index contributed by atoms with van der Waals surface area (Å²) in [7, 11) is 0. The highest BCUT2D eigenvalue weighted by Crippen LogP contribution is 2.17. The molecule has 17 heavy (non-hydrogen) atoms. The molecule has 0 spiro atoms. The quantitative estimate of drug-likeness (QED) is 0.589. The van der Waals surface area contributed by atoms with Crippen LogP contribution in [-0.4, -0.2) is 11.5 Å². The van der Waals surface area contributed by atoms with Crippen LogP contribution in [0.15, 0.2) is 29.4 Å². The molecule has 1 aliphatic rings. The van der Waals surface area contributed by atoms with E-state index in [9.17, 15) is 4.79 Å². The molecule has 1 saturated carbocycles. The lowest BCUT2D eigenvalue weighted by Gasteiger charge is -2.11. The lowest BCUT2D eigenvalue weighted by atomic mass is 9.99. The van der Waals surface area contributed by atoms with Crippen molar-refractivity contribution in [2.24, 2.45) is 5.16 Å². The van der Waals surface area contributed by atoms with Gasteiger partial charge in [0.2, 0.25) is 0 Å². The maximum absolute atomic E-state index is 11.1. The highest BCUT2D eigenvalue weighted by atomic mass is 16.6. The van der Waals surface area contributed by atoms with E-state index in [4.69, 9.17) is 4.84 Å². The first-order valence-electron chi connectivity index (χ1n) is 6.09. The highest BCUT2D eigenvalue weighted by Gasteiger charge is 2.07. The molecule has 0 amide bonds. The summed E-state index contributed by atoms with van der Waals surface area (Å²) >= 11 is 0. The van der Waals surface area contributed by atoms with Crippen molar-refractivity contribution in [3.8, 4) is 5.75 Å². The fraction of sp³-hybridized carbons (Fsp3) is 0.429. The van der Waals surface area contributed by atoms with Gasteiger partial charge in [0.25, 0.3) is 0 Å². The molecule has 0 heterocycles. The van der Waals surface area contributed by atoms with Crippen molar-refractivity contribution >= 4 is 11.5 Å². The molecule has 1 aromatic carbocycles.